The zero-order valence-corrected chi connectivity index (χ0v) is 16.5. The quantitative estimate of drug-likeness (QED) is 0.581. The maximum absolute atomic E-state index is 12.2. The Labute approximate surface area is 166 Å². The molecule has 0 radical (unpaired) electrons. The molecule has 0 aromatic carbocycles. The average Bonchev–Trinajstić information content (AvgIpc) is 3.11. The number of fused-ring (bicyclic) bond motifs is 1. The zero-order chi connectivity index (χ0) is 21.0. The lowest BCUT2D eigenvalue weighted by Crippen LogP contribution is -2.39. The summed E-state index contributed by atoms with van der Waals surface area (Å²) in [6.45, 7) is 3.99. The van der Waals surface area contributed by atoms with Gasteiger partial charge in [0.2, 0.25) is 0 Å². The molecule has 0 unspecified atom stereocenters. The highest BCUT2D eigenvalue weighted by molar-refractivity contribution is 5.95. The minimum absolute atomic E-state index is 0.00166. The van der Waals surface area contributed by atoms with Crippen LogP contribution in [0.5, 0.6) is 0 Å². The molecule has 158 valence electrons. The Balaban J connectivity index is 1.78. The van der Waals surface area contributed by atoms with Crippen LogP contribution in [0.3, 0.4) is 0 Å². The number of carbonyl (C=O) groups is 2. The fourth-order valence-corrected chi connectivity index (χ4v) is 3.38. The third-order valence-corrected chi connectivity index (χ3v) is 4.77. The Morgan fingerprint density at radius 3 is 2.72 bits per heavy atom. The van der Waals surface area contributed by atoms with Crippen LogP contribution in [0, 0.1) is 0 Å². The van der Waals surface area contributed by atoms with Crippen LogP contribution >= 0.6 is 0 Å². The van der Waals surface area contributed by atoms with Gasteiger partial charge in [-0.05, 0) is 26.7 Å². The molecule has 2 aromatic rings. The molecule has 1 N–H and O–H groups in total. The smallest absolute Gasteiger partial charge is 0.410 e. The second-order valence-corrected chi connectivity index (χ2v) is 7.25. The number of ether oxygens (including phenoxy) is 2. The standard InChI is InChI=1S/C19H25FN4O5/c1-12(2)29-19(27)23-7-4-13(5-8-23)15-10-16(25)22-17-14(11-21-24(15)17)18(26)28-9-3-6-20/h10-13H,3-9H2,1-2H3,(H,22,25). The number of nitrogens with one attached hydrogen (secondary N) is 1. The highest BCUT2D eigenvalue weighted by Crippen LogP contribution is 2.28. The van der Waals surface area contributed by atoms with Crippen molar-refractivity contribution in [1.82, 2.24) is 19.5 Å². The van der Waals surface area contributed by atoms with Crippen molar-refractivity contribution in [3.8, 4) is 0 Å². The van der Waals surface area contributed by atoms with Crippen molar-refractivity contribution in [1.29, 1.82) is 0 Å². The van der Waals surface area contributed by atoms with Crippen LogP contribution < -0.4 is 5.56 Å². The molecule has 3 heterocycles. The summed E-state index contributed by atoms with van der Waals surface area (Å²) in [5.74, 6) is -0.661. The second-order valence-electron chi connectivity index (χ2n) is 7.25. The second kappa shape index (κ2) is 9.06. The number of rotatable bonds is 6. The van der Waals surface area contributed by atoms with Crippen LogP contribution in [0.2, 0.25) is 0 Å². The Bertz CT molecular complexity index is 930. The molecule has 2 aromatic heterocycles. The summed E-state index contributed by atoms with van der Waals surface area (Å²) in [5.41, 5.74) is 0.691. The van der Waals surface area contributed by atoms with E-state index in [1.165, 1.54) is 16.8 Å². The molecule has 0 spiro atoms. The van der Waals surface area contributed by atoms with Crippen molar-refractivity contribution in [2.75, 3.05) is 26.4 Å². The number of H-pyrrole nitrogens is 1. The van der Waals surface area contributed by atoms with E-state index in [-0.39, 0.29) is 47.9 Å². The molecule has 1 fully saturated rings. The number of esters is 1. The van der Waals surface area contributed by atoms with E-state index in [1.54, 1.807) is 18.7 Å². The van der Waals surface area contributed by atoms with Crippen LogP contribution in [0.4, 0.5) is 9.18 Å². The van der Waals surface area contributed by atoms with Gasteiger partial charge in [0, 0.05) is 31.5 Å². The lowest BCUT2D eigenvalue weighted by atomic mass is 9.93. The molecule has 29 heavy (non-hydrogen) atoms. The maximum Gasteiger partial charge on any atom is 0.410 e. The van der Waals surface area contributed by atoms with Gasteiger partial charge in [-0.2, -0.15) is 5.10 Å². The fourth-order valence-electron chi connectivity index (χ4n) is 3.38. The van der Waals surface area contributed by atoms with E-state index in [0.717, 1.165) is 0 Å². The van der Waals surface area contributed by atoms with E-state index in [9.17, 15) is 18.8 Å². The topological polar surface area (TPSA) is 106 Å². The molecule has 1 amide bonds. The molecule has 0 atom stereocenters. The molecule has 1 saturated heterocycles. The number of piperidine rings is 1. The molecule has 9 nitrogen and oxygen atoms in total. The summed E-state index contributed by atoms with van der Waals surface area (Å²) in [6, 6.07) is 1.46. The zero-order valence-electron chi connectivity index (χ0n) is 16.5. The van der Waals surface area contributed by atoms with Gasteiger partial charge in [-0.3, -0.25) is 9.18 Å². The molecule has 10 heteroatoms. The molecule has 0 aliphatic carbocycles. The Hall–Kier alpha value is -2.91. The van der Waals surface area contributed by atoms with Crippen molar-refractivity contribution in [2.24, 2.45) is 0 Å². The molecule has 0 saturated carbocycles. The van der Waals surface area contributed by atoms with Crippen LogP contribution in [0.1, 0.15) is 55.1 Å². The summed E-state index contributed by atoms with van der Waals surface area (Å²) >= 11 is 0. The lowest BCUT2D eigenvalue weighted by Gasteiger charge is -2.31. The number of aromatic nitrogens is 3. The molecule has 1 aliphatic heterocycles. The van der Waals surface area contributed by atoms with Gasteiger partial charge in [-0.15, -0.1) is 0 Å². The van der Waals surface area contributed by atoms with Crippen LogP contribution in [-0.2, 0) is 9.47 Å². The van der Waals surface area contributed by atoms with Gasteiger partial charge >= 0.3 is 12.1 Å². The largest absolute Gasteiger partial charge is 0.462 e. The molecule has 1 aliphatic rings. The Kier molecular flexibility index (Phi) is 6.50. The van der Waals surface area contributed by atoms with E-state index < -0.39 is 12.6 Å². The number of halogens is 1. The number of hydrogen-bond acceptors (Lipinski definition) is 6. The van der Waals surface area contributed by atoms with E-state index in [0.29, 0.717) is 31.6 Å². The van der Waals surface area contributed by atoms with Crippen molar-refractivity contribution < 1.29 is 23.5 Å². The third kappa shape index (κ3) is 4.75. The maximum atomic E-state index is 12.2. The van der Waals surface area contributed by atoms with Gasteiger partial charge in [0.1, 0.15) is 5.56 Å². The first-order chi connectivity index (χ1) is 13.9. The van der Waals surface area contributed by atoms with Gasteiger partial charge in [0.05, 0.1) is 31.3 Å². The summed E-state index contributed by atoms with van der Waals surface area (Å²) in [7, 11) is 0. The number of carbonyl (C=O) groups excluding carboxylic acids is 2. The number of hydrogen-bond donors (Lipinski definition) is 1. The van der Waals surface area contributed by atoms with Crippen molar-refractivity contribution in [3.05, 3.63) is 33.9 Å². The van der Waals surface area contributed by atoms with Gasteiger partial charge in [0.25, 0.3) is 5.56 Å². The molecular weight excluding hydrogens is 383 g/mol. The number of alkyl halides is 1. The number of aromatic amines is 1. The van der Waals surface area contributed by atoms with Crippen LogP contribution in [0.15, 0.2) is 17.1 Å². The van der Waals surface area contributed by atoms with Gasteiger partial charge < -0.3 is 19.4 Å². The first kappa shape index (κ1) is 20.8. The first-order valence-electron chi connectivity index (χ1n) is 9.70. The summed E-state index contributed by atoms with van der Waals surface area (Å²) in [5, 5.41) is 4.24. The van der Waals surface area contributed by atoms with Crippen LogP contribution in [0.25, 0.3) is 5.65 Å². The lowest BCUT2D eigenvalue weighted by molar-refractivity contribution is 0.0495. The monoisotopic (exact) mass is 408 g/mol. The minimum atomic E-state index is -0.660. The predicted octanol–water partition coefficient (Wildman–Crippen LogP) is 2.26. The molecule has 0 bridgehead atoms. The van der Waals surface area contributed by atoms with E-state index in [2.05, 4.69) is 10.1 Å². The summed E-state index contributed by atoms with van der Waals surface area (Å²) < 4.78 is 24.0. The molecule has 3 rings (SSSR count). The van der Waals surface area contributed by atoms with Crippen molar-refractivity contribution in [2.45, 2.75) is 45.1 Å². The first-order valence-corrected chi connectivity index (χ1v) is 9.70. The van der Waals surface area contributed by atoms with E-state index in [1.807, 2.05) is 0 Å². The average molecular weight is 408 g/mol. The minimum Gasteiger partial charge on any atom is -0.462 e. The number of amides is 1. The summed E-state index contributed by atoms with van der Waals surface area (Å²) in [6.07, 6.45) is 2.21. The van der Waals surface area contributed by atoms with Gasteiger partial charge in [-0.25, -0.2) is 14.1 Å². The van der Waals surface area contributed by atoms with Gasteiger partial charge in [0.15, 0.2) is 5.65 Å². The molecular formula is C19H25FN4O5. The third-order valence-electron chi connectivity index (χ3n) is 4.77. The predicted molar refractivity (Wildman–Crippen MR) is 102 cm³/mol. The Morgan fingerprint density at radius 2 is 2.07 bits per heavy atom. The van der Waals surface area contributed by atoms with E-state index >= 15 is 0 Å². The van der Waals surface area contributed by atoms with E-state index in [4.69, 9.17) is 9.47 Å². The van der Waals surface area contributed by atoms with Crippen molar-refractivity contribution >= 4 is 17.7 Å². The SMILES string of the molecule is CC(C)OC(=O)N1CCC(c2cc(=O)[nH]c3c(C(=O)OCCCF)cnn23)CC1. The summed E-state index contributed by atoms with van der Waals surface area (Å²) in [4.78, 5) is 40.7. The normalized spacial score (nSPS) is 15.1. The fraction of sp³-hybridized carbons (Fsp3) is 0.579. The highest BCUT2D eigenvalue weighted by atomic mass is 19.1. The highest BCUT2D eigenvalue weighted by Gasteiger charge is 2.28. The number of nitrogens with zero attached hydrogens (tertiary/aromatic N) is 3. The van der Waals surface area contributed by atoms with Crippen LogP contribution in [-0.4, -0.2) is 64.0 Å². The Morgan fingerprint density at radius 1 is 1.34 bits per heavy atom. The van der Waals surface area contributed by atoms with Gasteiger partial charge in [-0.1, -0.05) is 0 Å². The van der Waals surface area contributed by atoms with Crippen molar-refractivity contribution in [3.63, 3.8) is 0 Å². The number of likely N-dealkylation sites (tertiary alicyclic amines) is 1.